The van der Waals surface area contributed by atoms with Crippen molar-refractivity contribution in [1.29, 1.82) is 0 Å². The third-order valence-electron chi connectivity index (χ3n) is 1.57. The molecule has 0 aromatic heterocycles. The van der Waals surface area contributed by atoms with Crippen molar-refractivity contribution in [2.24, 2.45) is 0 Å². The van der Waals surface area contributed by atoms with E-state index in [-0.39, 0.29) is 11.8 Å². The van der Waals surface area contributed by atoms with E-state index in [0.29, 0.717) is 12.6 Å². The summed E-state index contributed by atoms with van der Waals surface area (Å²) >= 11 is 0. The highest BCUT2D eigenvalue weighted by Gasteiger charge is 2.23. The van der Waals surface area contributed by atoms with E-state index in [2.05, 4.69) is 10.6 Å². The molecule has 2 N–H and O–H groups in total. The van der Waals surface area contributed by atoms with Crippen LogP contribution < -0.4 is 10.6 Å². The van der Waals surface area contributed by atoms with E-state index < -0.39 is 0 Å². The first kappa shape index (κ1) is 7.69. The van der Waals surface area contributed by atoms with Gasteiger partial charge in [0.25, 0.3) is 0 Å². The van der Waals surface area contributed by atoms with E-state index in [1.54, 1.807) is 0 Å². The number of ketones is 1. The summed E-state index contributed by atoms with van der Waals surface area (Å²) in [5, 5.41) is 6.19. The fraction of sp³-hybridized carbons (Fsp3) is 0.857. The Bertz CT molecular complexity index is 134. The zero-order valence-electron chi connectivity index (χ0n) is 6.48. The third kappa shape index (κ3) is 1.78. The molecule has 1 aliphatic heterocycles. The van der Waals surface area contributed by atoms with Crippen LogP contribution in [-0.2, 0) is 4.79 Å². The van der Waals surface area contributed by atoms with Crippen molar-refractivity contribution in [3.05, 3.63) is 0 Å². The second-order valence-corrected chi connectivity index (χ2v) is 2.97. The molecule has 58 valence electrons. The summed E-state index contributed by atoms with van der Waals surface area (Å²) in [6, 6.07) is 0.453. The van der Waals surface area contributed by atoms with Gasteiger partial charge in [0.15, 0.2) is 5.78 Å². The maximum atomic E-state index is 11.0. The Morgan fingerprint density at radius 3 is 2.80 bits per heavy atom. The summed E-state index contributed by atoms with van der Waals surface area (Å²) in [6.07, 6.45) is 0. The standard InChI is InChI=1S/C7H14N2O/c1-5(2)9-6-3-8-4-7(6)10/h5-6,8-9H,3-4H2,1-2H3. The van der Waals surface area contributed by atoms with Crippen LogP contribution >= 0.6 is 0 Å². The predicted octanol–water partition coefficient (Wildman–Crippen LogP) is -0.475. The number of nitrogens with one attached hydrogen (secondary N) is 2. The maximum Gasteiger partial charge on any atom is 0.164 e. The Morgan fingerprint density at radius 1 is 1.70 bits per heavy atom. The normalized spacial score (nSPS) is 26.3. The van der Waals surface area contributed by atoms with Crippen molar-refractivity contribution < 1.29 is 4.79 Å². The molecular formula is C7H14N2O. The third-order valence-corrected chi connectivity index (χ3v) is 1.57. The van der Waals surface area contributed by atoms with Gasteiger partial charge in [0.1, 0.15) is 0 Å². The molecule has 3 nitrogen and oxygen atoms in total. The van der Waals surface area contributed by atoms with Crippen LogP contribution in [0.15, 0.2) is 0 Å². The van der Waals surface area contributed by atoms with Gasteiger partial charge in [-0.15, -0.1) is 0 Å². The van der Waals surface area contributed by atoms with Crippen molar-refractivity contribution in [2.75, 3.05) is 13.1 Å². The minimum Gasteiger partial charge on any atom is -0.308 e. The number of Topliss-reactive ketones (excluding diaryl/α,β-unsaturated/α-hetero) is 1. The Balaban J connectivity index is 2.33. The lowest BCUT2D eigenvalue weighted by Gasteiger charge is -2.12. The Labute approximate surface area is 61.2 Å². The molecule has 1 rings (SSSR count). The molecule has 1 heterocycles. The van der Waals surface area contributed by atoms with E-state index >= 15 is 0 Å². The lowest BCUT2D eigenvalue weighted by molar-refractivity contribution is -0.118. The average Bonchev–Trinajstić information content (AvgIpc) is 2.15. The number of carbonyl (C=O) groups is 1. The fourth-order valence-corrected chi connectivity index (χ4v) is 1.13. The van der Waals surface area contributed by atoms with Gasteiger partial charge in [0.05, 0.1) is 12.6 Å². The Kier molecular flexibility index (Phi) is 2.40. The van der Waals surface area contributed by atoms with E-state index in [0.717, 1.165) is 6.54 Å². The van der Waals surface area contributed by atoms with Gasteiger partial charge in [-0.05, 0) is 0 Å². The SMILES string of the molecule is CC(C)NC1CNCC1=O. The zero-order chi connectivity index (χ0) is 7.56. The molecule has 0 radical (unpaired) electrons. The molecule has 0 amide bonds. The molecule has 3 heteroatoms. The lowest BCUT2D eigenvalue weighted by atomic mass is 10.2. The van der Waals surface area contributed by atoms with Crippen LogP contribution in [0.1, 0.15) is 13.8 Å². The molecule has 1 aliphatic rings. The lowest BCUT2D eigenvalue weighted by Crippen LogP contribution is -2.40. The molecule has 1 atom stereocenters. The van der Waals surface area contributed by atoms with Crippen LogP contribution in [0.5, 0.6) is 0 Å². The topological polar surface area (TPSA) is 41.1 Å². The largest absolute Gasteiger partial charge is 0.308 e. The first-order chi connectivity index (χ1) is 4.70. The molecule has 0 spiro atoms. The first-order valence-corrected chi connectivity index (χ1v) is 3.69. The molecule has 1 saturated heterocycles. The number of carbonyl (C=O) groups excluding carboxylic acids is 1. The van der Waals surface area contributed by atoms with Gasteiger partial charge < -0.3 is 10.6 Å². The molecule has 1 unspecified atom stereocenters. The van der Waals surface area contributed by atoms with Gasteiger partial charge in [0, 0.05) is 12.6 Å². The van der Waals surface area contributed by atoms with E-state index in [4.69, 9.17) is 0 Å². The monoisotopic (exact) mass is 142 g/mol. The summed E-state index contributed by atoms with van der Waals surface area (Å²) in [6.45, 7) is 5.42. The maximum absolute atomic E-state index is 11.0. The van der Waals surface area contributed by atoms with Crippen LogP contribution in [0.2, 0.25) is 0 Å². The van der Waals surface area contributed by atoms with Crippen molar-refractivity contribution >= 4 is 5.78 Å². The van der Waals surface area contributed by atoms with E-state index in [1.807, 2.05) is 13.8 Å². The van der Waals surface area contributed by atoms with Gasteiger partial charge in [-0.2, -0.15) is 0 Å². The summed E-state index contributed by atoms with van der Waals surface area (Å²) in [4.78, 5) is 11.0. The summed E-state index contributed by atoms with van der Waals surface area (Å²) < 4.78 is 0. The quantitative estimate of drug-likeness (QED) is 0.547. The van der Waals surface area contributed by atoms with Gasteiger partial charge >= 0.3 is 0 Å². The highest BCUT2D eigenvalue weighted by Crippen LogP contribution is 1.93. The minimum atomic E-state index is 0.0556. The molecule has 0 aromatic carbocycles. The number of hydrogen-bond acceptors (Lipinski definition) is 3. The van der Waals surface area contributed by atoms with Gasteiger partial charge in [0.2, 0.25) is 0 Å². The molecule has 0 bridgehead atoms. The van der Waals surface area contributed by atoms with Crippen LogP contribution in [0, 0.1) is 0 Å². The summed E-state index contributed by atoms with van der Waals surface area (Å²) in [5.74, 6) is 0.286. The highest BCUT2D eigenvalue weighted by molar-refractivity contribution is 5.88. The molecular weight excluding hydrogens is 128 g/mol. The Hall–Kier alpha value is -0.410. The zero-order valence-corrected chi connectivity index (χ0v) is 6.48. The van der Waals surface area contributed by atoms with Crippen molar-refractivity contribution in [2.45, 2.75) is 25.9 Å². The first-order valence-electron chi connectivity index (χ1n) is 3.69. The van der Waals surface area contributed by atoms with Gasteiger partial charge in [-0.1, -0.05) is 13.8 Å². The highest BCUT2D eigenvalue weighted by atomic mass is 16.1. The summed E-state index contributed by atoms with van der Waals surface area (Å²) in [5.41, 5.74) is 0. The van der Waals surface area contributed by atoms with Gasteiger partial charge in [-0.25, -0.2) is 0 Å². The second-order valence-electron chi connectivity index (χ2n) is 2.97. The summed E-state index contributed by atoms with van der Waals surface area (Å²) in [7, 11) is 0. The smallest absolute Gasteiger partial charge is 0.164 e. The van der Waals surface area contributed by atoms with Crippen molar-refractivity contribution in [1.82, 2.24) is 10.6 Å². The second kappa shape index (κ2) is 3.12. The Morgan fingerprint density at radius 2 is 2.40 bits per heavy atom. The van der Waals surface area contributed by atoms with E-state index in [9.17, 15) is 4.79 Å². The minimum absolute atomic E-state index is 0.0556. The molecule has 0 aliphatic carbocycles. The number of hydrogen-bond donors (Lipinski definition) is 2. The van der Waals surface area contributed by atoms with E-state index in [1.165, 1.54) is 0 Å². The van der Waals surface area contributed by atoms with Gasteiger partial charge in [-0.3, -0.25) is 4.79 Å². The molecule has 1 fully saturated rings. The van der Waals surface area contributed by atoms with Crippen molar-refractivity contribution in [3.8, 4) is 0 Å². The van der Waals surface area contributed by atoms with Crippen molar-refractivity contribution in [3.63, 3.8) is 0 Å². The fourth-order valence-electron chi connectivity index (χ4n) is 1.13. The average molecular weight is 142 g/mol. The molecule has 0 saturated carbocycles. The van der Waals surface area contributed by atoms with Crippen LogP contribution in [0.3, 0.4) is 0 Å². The van der Waals surface area contributed by atoms with Crippen LogP contribution in [0.4, 0.5) is 0 Å². The predicted molar refractivity (Wildman–Crippen MR) is 39.9 cm³/mol. The molecule has 10 heavy (non-hydrogen) atoms. The number of rotatable bonds is 2. The molecule has 0 aromatic rings. The van der Waals surface area contributed by atoms with Crippen LogP contribution in [-0.4, -0.2) is 31.0 Å². The van der Waals surface area contributed by atoms with Crippen LogP contribution in [0.25, 0.3) is 0 Å².